The Kier molecular flexibility index (Phi) is 7.98. The summed E-state index contributed by atoms with van der Waals surface area (Å²) in [4.78, 5) is 8.89. The van der Waals surface area contributed by atoms with Crippen molar-refractivity contribution >= 4 is 15.4 Å². The number of ether oxygens (including phenoxy) is 1. The second-order valence-corrected chi connectivity index (χ2v) is 14.4. The van der Waals surface area contributed by atoms with E-state index >= 15 is 8.78 Å². The van der Waals surface area contributed by atoms with Crippen LogP contribution in [0, 0.1) is 28.9 Å². The maximum Gasteiger partial charge on any atom is 0.152 e. The minimum absolute atomic E-state index is 0.0416. The van der Waals surface area contributed by atoms with E-state index in [9.17, 15) is 13.7 Å². The number of rotatable bonds is 6. The smallest absolute Gasteiger partial charge is 0.152 e. The first-order valence-corrected chi connectivity index (χ1v) is 16.7. The van der Waals surface area contributed by atoms with Crippen LogP contribution in [0.1, 0.15) is 61.0 Å². The molecule has 0 radical (unpaired) electrons. The Labute approximate surface area is 255 Å². The molecule has 6 rings (SSSR count). The van der Waals surface area contributed by atoms with Crippen LogP contribution in [0.15, 0.2) is 48.9 Å². The van der Waals surface area contributed by atoms with Crippen molar-refractivity contribution in [2.45, 2.75) is 61.7 Å². The van der Waals surface area contributed by atoms with Gasteiger partial charge in [-0.25, -0.2) is 26.7 Å². The first-order valence-electron chi connectivity index (χ1n) is 14.7. The molecule has 4 heterocycles. The van der Waals surface area contributed by atoms with Gasteiger partial charge in [0.15, 0.2) is 9.84 Å². The number of fused-ring (bicyclic) bond motifs is 1. The van der Waals surface area contributed by atoms with E-state index in [-0.39, 0.29) is 23.1 Å². The van der Waals surface area contributed by atoms with Crippen LogP contribution in [0.3, 0.4) is 0 Å². The van der Waals surface area contributed by atoms with Gasteiger partial charge in [0.05, 0.1) is 39.7 Å². The molecule has 1 saturated heterocycles. The largest absolute Gasteiger partial charge is 0.381 e. The third-order valence-electron chi connectivity index (χ3n) is 9.29. The van der Waals surface area contributed by atoms with Crippen LogP contribution in [-0.4, -0.2) is 58.8 Å². The van der Waals surface area contributed by atoms with E-state index in [1.807, 2.05) is 13.0 Å². The SMILES string of the molecule is C[C@H]1C[C@@H](c2ccncc2Cc2ncc3ccc(-c4c(F)cc(C5(C#N)CCOCC5)cc4F)nn23)C[C@@H](N)[C@@H]1S(C)(=O)=O. The van der Waals surface area contributed by atoms with Crippen LogP contribution in [0.25, 0.3) is 16.8 Å². The van der Waals surface area contributed by atoms with Gasteiger partial charge in [0.25, 0.3) is 0 Å². The van der Waals surface area contributed by atoms with Crippen molar-refractivity contribution in [3.8, 4) is 17.3 Å². The average Bonchev–Trinajstić information content (AvgIpc) is 3.38. The molecule has 0 bridgehead atoms. The summed E-state index contributed by atoms with van der Waals surface area (Å²) in [7, 11) is -3.28. The molecule has 3 aromatic heterocycles. The number of halogens is 2. The normalized spacial score (nSPS) is 23.8. The molecule has 4 aromatic rings. The van der Waals surface area contributed by atoms with E-state index in [1.54, 1.807) is 35.2 Å². The van der Waals surface area contributed by atoms with Gasteiger partial charge in [-0.3, -0.25) is 4.98 Å². The number of aromatic nitrogens is 4. The van der Waals surface area contributed by atoms with Gasteiger partial charge in [-0.1, -0.05) is 6.92 Å². The monoisotopic (exact) mass is 620 g/mol. The molecule has 9 nitrogen and oxygen atoms in total. The van der Waals surface area contributed by atoms with E-state index in [0.29, 0.717) is 62.2 Å². The van der Waals surface area contributed by atoms with Crippen LogP contribution in [0.2, 0.25) is 0 Å². The summed E-state index contributed by atoms with van der Waals surface area (Å²) in [6.45, 7) is 2.64. The Hall–Kier alpha value is -3.79. The maximum atomic E-state index is 15.6. The zero-order valence-corrected chi connectivity index (χ0v) is 25.4. The number of sulfone groups is 1. The third kappa shape index (κ3) is 5.49. The quantitative estimate of drug-likeness (QED) is 0.333. The number of hydrogen-bond acceptors (Lipinski definition) is 8. The fourth-order valence-corrected chi connectivity index (χ4v) is 8.88. The van der Waals surface area contributed by atoms with Crippen LogP contribution >= 0.6 is 0 Å². The van der Waals surface area contributed by atoms with Crippen LogP contribution in [-0.2, 0) is 26.4 Å². The molecule has 12 heteroatoms. The van der Waals surface area contributed by atoms with Crippen molar-refractivity contribution in [2.75, 3.05) is 19.5 Å². The van der Waals surface area contributed by atoms with Crippen LogP contribution in [0.5, 0.6) is 0 Å². The molecular weight excluding hydrogens is 586 g/mol. The number of nitrogens with two attached hydrogens (primary N) is 1. The molecule has 0 unspecified atom stereocenters. The fourth-order valence-electron chi connectivity index (χ4n) is 7.18. The number of pyridine rings is 1. The van der Waals surface area contributed by atoms with Crippen molar-refractivity contribution in [1.82, 2.24) is 19.6 Å². The van der Waals surface area contributed by atoms with Crippen molar-refractivity contribution in [3.63, 3.8) is 0 Å². The molecule has 1 aliphatic carbocycles. The Morgan fingerprint density at radius 2 is 1.86 bits per heavy atom. The predicted molar refractivity (Wildman–Crippen MR) is 160 cm³/mol. The Morgan fingerprint density at radius 3 is 2.52 bits per heavy atom. The first-order chi connectivity index (χ1) is 21.0. The Bertz CT molecular complexity index is 1830. The number of nitriles is 1. The summed E-state index contributed by atoms with van der Waals surface area (Å²) in [6.07, 6.45) is 8.64. The van der Waals surface area contributed by atoms with Gasteiger partial charge in [0.2, 0.25) is 0 Å². The summed E-state index contributed by atoms with van der Waals surface area (Å²) in [5.41, 5.74) is 8.10. The summed E-state index contributed by atoms with van der Waals surface area (Å²) in [6, 6.07) is 9.44. The number of benzene rings is 1. The van der Waals surface area contributed by atoms with Crippen LogP contribution < -0.4 is 5.73 Å². The lowest BCUT2D eigenvalue weighted by molar-refractivity contribution is 0.0674. The molecule has 0 amide bonds. The molecule has 2 N–H and O–H groups in total. The number of imidazole rings is 1. The van der Waals surface area contributed by atoms with Gasteiger partial charge in [-0.15, -0.1) is 0 Å². The van der Waals surface area contributed by atoms with E-state index in [4.69, 9.17) is 10.5 Å². The maximum absolute atomic E-state index is 15.6. The molecular formula is C32H34F2N6O3S. The van der Waals surface area contributed by atoms with E-state index in [0.717, 1.165) is 11.1 Å². The van der Waals surface area contributed by atoms with Crippen molar-refractivity contribution in [2.24, 2.45) is 11.7 Å². The highest BCUT2D eigenvalue weighted by Crippen LogP contribution is 2.40. The lowest BCUT2D eigenvalue weighted by atomic mass is 9.75. The molecule has 2 aliphatic rings. The number of hydrogen-bond donors (Lipinski definition) is 1. The zero-order chi connectivity index (χ0) is 31.2. The van der Waals surface area contributed by atoms with Crippen molar-refractivity contribution in [3.05, 3.63) is 83.1 Å². The Morgan fingerprint density at radius 1 is 1.14 bits per heavy atom. The van der Waals surface area contributed by atoms with Gasteiger partial charge in [-0.2, -0.15) is 10.4 Å². The molecule has 4 atom stereocenters. The van der Waals surface area contributed by atoms with Gasteiger partial charge in [0.1, 0.15) is 17.5 Å². The molecule has 1 aromatic carbocycles. The van der Waals surface area contributed by atoms with Gasteiger partial charge in [0, 0.05) is 44.3 Å². The fraction of sp³-hybridized carbons (Fsp3) is 0.438. The highest BCUT2D eigenvalue weighted by Gasteiger charge is 2.40. The predicted octanol–water partition coefficient (Wildman–Crippen LogP) is 4.49. The first kappa shape index (κ1) is 30.2. The lowest BCUT2D eigenvalue weighted by Crippen LogP contribution is -2.48. The third-order valence-corrected chi connectivity index (χ3v) is 11.1. The van der Waals surface area contributed by atoms with Crippen molar-refractivity contribution in [1.29, 1.82) is 5.26 Å². The second kappa shape index (κ2) is 11.6. The summed E-state index contributed by atoms with van der Waals surface area (Å²) < 4.78 is 62.8. The van der Waals surface area contributed by atoms with Crippen LogP contribution in [0.4, 0.5) is 8.78 Å². The highest BCUT2D eigenvalue weighted by molar-refractivity contribution is 7.91. The highest BCUT2D eigenvalue weighted by atomic mass is 32.2. The van der Waals surface area contributed by atoms with Crippen molar-refractivity contribution < 1.29 is 21.9 Å². The molecule has 230 valence electrons. The number of nitrogens with zero attached hydrogens (tertiary/aromatic N) is 5. The van der Waals surface area contributed by atoms with Gasteiger partial charge < -0.3 is 10.5 Å². The minimum Gasteiger partial charge on any atom is -0.381 e. The zero-order valence-electron chi connectivity index (χ0n) is 24.6. The van der Waals surface area contributed by atoms with E-state index in [1.165, 1.54) is 18.4 Å². The molecule has 1 aliphatic heterocycles. The van der Waals surface area contributed by atoms with E-state index < -0.39 is 38.2 Å². The lowest BCUT2D eigenvalue weighted by Gasteiger charge is -2.38. The molecule has 2 fully saturated rings. The van der Waals surface area contributed by atoms with Gasteiger partial charge >= 0.3 is 0 Å². The molecule has 44 heavy (non-hydrogen) atoms. The van der Waals surface area contributed by atoms with E-state index in [2.05, 4.69) is 21.1 Å². The summed E-state index contributed by atoms with van der Waals surface area (Å²) in [5.74, 6) is -1.10. The minimum atomic E-state index is -3.28. The second-order valence-electron chi connectivity index (χ2n) is 12.2. The summed E-state index contributed by atoms with van der Waals surface area (Å²) >= 11 is 0. The standard InChI is InChI=1S/C32H34F2N6O3S/c1-19-11-20(12-27(36)31(19)44(2,41)42)24-5-8-37-16-21(24)13-29-38-17-23-3-4-28(39-40(23)29)30-25(33)14-22(15-26(30)34)32(18-35)6-9-43-10-7-32/h3-5,8,14-17,19-20,27,31H,6-7,9-13,36H2,1-2H3/t19-,20+,27+,31+/m0/s1. The molecule has 0 spiro atoms. The Balaban J connectivity index is 1.32. The van der Waals surface area contributed by atoms with Gasteiger partial charge in [-0.05, 0) is 84.5 Å². The molecule has 1 saturated carbocycles. The average molecular weight is 621 g/mol. The summed E-state index contributed by atoms with van der Waals surface area (Å²) in [5, 5.41) is 13.9. The topological polar surface area (TPSA) is 136 Å².